The molecule has 2 heterocycles. The zero-order valence-corrected chi connectivity index (χ0v) is 15.2. The molecule has 0 bridgehead atoms. The van der Waals surface area contributed by atoms with Gasteiger partial charge in [0.25, 0.3) is 0 Å². The first kappa shape index (κ1) is 16.7. The van der Waals surface area contributed by atoms with E-state index in [1.54, 1.807) is 11.1 Å². The lowest BCUT2D eigenvalue weighted by molar-refractivity contribution is 0.0849. The van der Waals surface area contributed by atoms with E-state index >= 15 is 0 Å². The zero-order valence-electron chi connectivity index (χ0n) is 15.2. The second-order valence-electron chi connectivity index (χ2n) is 7.30. The average molecular weight is 336 g/mol. The molecule has 132 valence electrons. The summed E-state index contributed by atoms with van der Waals surface area (Å²) in [5.41, 5.74) is 4.29. The third-order valence-electron chi connectivity index (χ3n) is 5.71. The van der Waals surface area contributed by atoms with E-state index in [2.05, 4.69) is 57.0 Å². The van der Waals surface area contributed by atoms with Crippen molar-refractivity contribution in [3.8, 4) is 0 Å². The molecule has 0 spiro atoms. The molecule has 1 aliphatic carbocycles. The van der Waals surface area contributed by atoms with Crippen LogP contribution in [0.5, 0.6) is 0 Å². The summed E-state index contributed by atoms with van der Waals surface area (Å²) in [6.45, 7) is 7.71. The Kier molecular flexibility index (Phi) is 5.09. The molecule has 2 aromatic rings. The van der Waals surface area contributed by atoms with E-state index in [0.29, 0.717) is 0 Å². The molecule has 0 N–H and O–H groups in total. The lowest BCUT2D eigenvalue weighted by Crippen LogP contribution is -2.51. The van der Waals surface area contributed by atoms with Gasteiger partial charge in [0.05, 0.1) is 5.69 Å². The summed E-state index contributed by atoms with van der Waals surface area (Å²) in [5, 5.41) is 0. The maximum atomic E-state index is 4.65. The van der Waals surface area contributed by atoms with Crippen molar-refractivity contribution in [1.29, 1.82) is 0 Å². The van der Waals surface area contributed by atoms with Crippen LogP contribution < -0.4 is 0 Å². The second-order valence-corrected chi connectivity index (χ2v) is 7.30. The fraction of sp³-hybridized carbons (Fsp3) is 0.524. The van der Waals surface area contributed by atoms with Crippen LogP contribution in [0, 0.1) is 0 Å². The lowest BCUT2D eigenvalue weighted by atomic mass is 9.87. The van der Waals surface area contributed by atoms with Crippen LogP contribution in [0.4, 0.5) is 0 Å². The maximum Gasteiger partial charge on any atom is 0.128 e. The second kappa shape index (κ2) is 7.63. The molecular formula is C21H28N4. The van der Waals surface area contributed by atoms with E-state index in [4.69, 9.17) is 0 Å². The first-order valence-corrected chi connectivity index (χ1v) is 9.66. The highest BCUT2D eigenvalue weighted by molar-refractivity contribution is 5.30. The van der Waals surface area contributed by atoms with Crippen LogP contribution in [0.15, 0.2) is 36.5 Å². The van der Waals surface area contributed by atoms with Crippen LogP contribution in [0.3, 0.4) is 0 Å². The molecule has 4 nitrogen and oxygen atoms in total. The lowest BCUT2D eigenvalue weighted by Gasteiger charge is -2.41. The van der Waals surface area contributed by atoms with Crippen molar-refractivity contribution in [2.75, 3.05) is 26.2 Å². The van der Waals surface area contributed by atoms with Gasteiger partial charge < -0.3 is 0 Å². The Morgan fingerprint density at radius 2 is 1.84 bits per heavy atom. The standard InChI is InChI=1S/C21H28N4/c1-2-21-22-10-9-19(23-21)16-24-11-13-25(14-12-24)20-8-7-17-5-3-4-6-18(17)15-20/h3-6,9-10,20H,2,7-8,11-16H2,1H3. The molecule has 4 rings (SSSR count). The summed E-state index contributed by atoms with van der Waals surface area (Å²) < 4.78 is 0. The van der Waals surface area contributed by atoms with E-state index < -0.39 is 0 Å². The van der Waals surface area contributed by atoms with Gasteiger partial charge >= 0.3 is 0 Å². The number of rotatable bonds is 4. The van der Waals surface area contributed by atoms with Crippen molar-refractivity contribution >= 4 is 0 Å². The summed E-state index contributed by atoms with van der Waals surface area (Å²) >= 11 is 0. The molecule has 0 amide bonds. The molecule has 0 radical (unpaired) electrons. The Bertz CT molecular complexity index is 707. The molecule has 4 heteroatoms. The minimum absolute atomic E-state index is 0.725. The number of fused-ring (bicyclic) bond motifs is 1. The first-order valence-electron chi connectivity index (χ1n) is 9.66. The van der Waals surface area contributed by atoms with Crippen molar-refractivity contribution in [2.45, 2.75) is 45.2 Å². The van der Waals surface area contributed by atoms with Crippen LogP contribution in [-0.2, 0) is 25.8 Å². The molecule has 1 unspecified atom stereocenters. The van der Waals surface area contributed by atoms with E-state index in [0.717, 1.165) is 43.6 Å². The smallest absolute Gasteiger partial charge is 0.128 e. The third kappa shape index (κ3) is 3.91. The minimum Gasteiger partial charge on any atom is -0.298 e. The van der Waals surface area contributed by atoms with Gasteiger partial charge in [-0.05, 0) is 36.5 Å². The summed E-state index contributed by atoms with van der Waals surface area (Å²) in [5.74, 6) is 0.956. The Balaban J connectivity index is 1.31. The minimum atomic E-state index is 0.725. The van der Waals surface area contributed by atoms with Gasteiger partial charge in [-0.15, -0.1) is 0 Å². The number of nitrogens with zero attached hydrogens (tertiary/aromatic N) is 4. The Morgan fingerprint density at radius 1 is 1.04 bits per heavy atom. The van der Waals surface area contributed by atoms with Crippen LogP contribution >= 0.6 is 0 Å². The van der Waals surface area contributed by atoms with Crippen LogP contribution in [-0.4, -0.2) is 52.0 Å². The molecule has 25 heavy (non-hydrogen) atoms. The SMILES string of the molecule is CCc1nccc(CN2CCN(C3CCc4ccccc4C3)CC2)n1. The van der Waals surface area contributed by atoms with Gasteiger partial charge in [0.2, 0.25) is 0 Å². The molecule has 1 fully saturated rings. The molecule has 2 aliphatic rings. The molecule has 0 saturated carbocycles. The summed E-state index contributed by atoms with van der Waals surface area (Å²) in [7, 11) is 0. The van der Waals surface area contributed by atoms with Crippen LogP contribution in [0.25, 0.3) is 0 Å². The Morgan fingerprint density at radius 3 is 2.64 bits per heavy atom. The van der Waals surface area contributed by atoms with Gasteiger partial charge in [0.1, 0.15) is 5.82 Å². The van der Waals surface area contributed by atoms with E-state index in [1.165, 1.54) is 32.4 Å². The fourth-order valence-corrected chi connectivity index (χ4v) is 4.21. The third-order valence-corrected chi connectivity index (χ3v) is 5.71. The van der Waals surface area contributed by atoms with Crippen molar-refractivity contribution in [2.24, 2.45) is 0 Å². The molecule has 1 aromatic carbocycles. The number of hydrogen-bond donors (Lipinski definition) is 0. The highest BCUT2D eigenvalue weighted by Gasteiger charge is 2.27. The van der Waals surface area contributed by atoms with E-state index in [9.17, 15) is 0 Å². The van der Waals surface area contributed by atoms with Crippen LogP contribution in [0.2, 0.25) is 0 Å². The van der Waals surface area contributed by atoms with Gasteiger partial charge in [-0.2, -0.15) is 0 Å². The normalized spacial score (nSPS) is 21.9. The van der Waals surface area contributed by atoms with Crippen molar-refractivity contribution in [3.63, 3.8) is 0 Å². The van der Waals surface area contributed by atoms with Crippen molar-refractivity contribution in [3.05, 3.63) is 59.2 Å². The van der Waals surface area contributed by atoms with E-state index in [-0.39, 0.29) is 0 Å². The van der Waals surface area contributed by atoms with Gasteiger partial charge in [-0.1, -0.05) is 31.2 Å². The number of benzene rings is 1. The fourth-order valence-electron chi connectivity index (χ4n) is 4.21. The summed E-state index contributed by atoms with van der Waals surface area (Å²) in [6.07, 6.45) is 6.58. The molecular weight excluding hydrogens is 308 g/mol. The summed E-state index contributed by atoms with van der Waals surface area (Å²) in [4.78, 5) is 14.2. The predicted molar refractivity (Wildman–Crippen MR) is 101 cm³/mol. The maximum absolute atomic E-state index is 4.65. The highest BCUT2D eigenvalue weighted by Crippen LogP contribution is 2.25. The van der Waals surface area contributed by atoms with Crippen molar-refractivity contribution < 1.29 is 0 Å². The van der Waals surface area contributed by atoms with E-state index in [1.807, 2.05) is 6.20 Å². The van der Waals surface area contributed by atoms with Crippen molar-refractivity contribution in [1.82, 2.24) is 19.8 Å². The van der Waals surface area contributed by atoms with Gasteiger partial charge in [0.15, 0.2) is 0 Å². The molecule has 1 aliphatic heterocycles. The molecule has 1 saturated heterocycles. The topological polar surface area (TPSA) is 32.3 Å². The largest absolute Gasteiger partial charge is 0.298 e. The number of hydrogen-bond acceptors (Lipinski definition) is 4. The van der Waals surface area contributed by atoms with Gasteiger partial charge in [-0.25, -0.2) is 9.97 Å². The quantitative estimate of drug-likeness (QED) is 0.859. The Hall–Kier alpha value is -1.78. The zero-order chi connectivity index (χ0) is 17.1. The van der Waals surface area contributed by atoms with Gasteiger partial charge in [-0.3, -0.25) is 9.80 Å². The highest BCUT2D eigenvalue weighted by atomic mass is 15.3. The average Bonchev–Trinajstić information content (AvgIpc) is 2.68. The van der Waals surface area contributed by atoms with Crippen LogP contribution in [0.1, 0.15) is 36.0 Å². The molecule has 1 aromatic heterocycles. The predicted octanol–water partition coefficient (Wildman–Crippen LogP) is 2.71. The Labute approximate surface area is 150 Å². The number of piperazine rings is 1. The number of aromatic nitrogens is 2. The first-order chi connectivity index (χ1) is 12.3. The summed E-state index contributed by atoms with van der Waals surface area (Å²) in [6, 6.07) is 11.8. The van der Waals surface area contributed by atoms with Gasteiger partial charge in [0, 0.05) is 51.4 Å². The monoisotopic (exact) mass is 336 g/mol. The molecule has 1 atom stereocenters. The number of aryl methyl sites for hydroxylation is 2.